The van der Waals surface area contributed by atoms with Gasteiger partial charge in [-0.05, 0) is 18.2 Å². The summed E-state index contributed by atoms with van der Waals surface area (Å²) >= 11 is 12.7. The highest BCUT2D eigenvalue weighted by molar-refractivity contribution is 6.82. The third kappa shape index (κ3) is 3.33. The molecule has 2 unspecified atom stereocenters. The number of hydrogen-bond acceptors (Lipinski definition) is 5. The summed E-state index contributed by atoms with van der Waals surface area (Å²) in [5.74, 6) is -1.01. The molecule has 148 valence electrons. The van der Waals surface area contributed by atoms with Crippen LogP contribution in [0.2, 0.25) is 0 Å². The minimum absolute atomic E-state index is 0.0599. The first-order chi connectivity index (χ1) is 13.8. The second-order valence-electron chi connectivity index (χ2n) is 7.09. The van der Waals surface area contributed by atoms with Gasteiger partial charge in [0.2, 0.25) is 5.17 Å². The molecule has 29 heavy (non-hydrogen) atoms. The number of carbonyl (C=O) groups excluding carboxylic acids is 2. The van der Waals surface area contributed by atoms with E-state index < -0.39 is 22.6 Å². The minimum atomic E-state index is -1.02. The van der Waals surface area contributed by atoms with Crippen LogP contribution in [0.1, 0.15) is 11.1 Å². The van der Waals surface area contributed by atoms with E-state index in [0.29, 0.717) is 11.3 Å². The van der Waals surface area contributed by atoms with Gasteiger partial charge in [0, 0.05) is 30.9 Å². The van der Waals surface area contributed by atoms with E-state index in [-0.39, 0.29) is 16.9 Å². The fourth-order valence-electron chi connectivity index (χ4n) is 3.57. The number of benzene rings is 2. The van der Waals surface area contributed by atoms with E-state index in [2.05, 4.69) is 4.99 Å². The topological polar surface area (TPSA) is 62.3 Å². The normalized spacial score (nSPS) is 23.6. The molecule has 0 N–H and O–H groups in total. The predicted octanol–water partition coefficient (Wildman–Crippen LogP) is 3.69. The second kappa shape index (κ2) is 7.30. The second-order valence-corrected chi connectivity index (χ2v) is 7.81. The Kier molecular flexibility index (Phi) is 4.94. The van der Waals surface area contributed by atoms with Crippen molar-refractivity contribution >= 4 is 51.6 Å². The van der Waals surface area contributed by atoms with Crippen LogP contribution in [-0.2, 0) is 20.9 Å². The van der Waals surface area contributed by atoms with Gasteiger partial charge in [0.1, 0.15) is 6.54 Å². The number of hydrogen-bond donors (Lipinski definition) is 0. The molecule has 0 aromatic heterocycles. The number of cyclic esters (lactones) is 1. The lowest BCUT2D eigenvalue weighted by molar-refractivity contribution is -0.814. The molecule has 2 aromatic carbocycles. The lowest BCUT2D eigenvalue weighted by atomic mass is 10.0. The number of amides is 1. The van der Waals surface area contributed by atoms with Gasteiger partial charge in [-0.3, -0.25) is 0 Å². The molecule has 2 heterocycles. The summed E-state index contributed by atoms with van der Waals surface area (Å²) in [5, 5.41) is -0.216. The van der Waals surface area contributed by atoms with Crippen molar-refractivity contribution in [3.05, 3.63) is 70.9 Å². The van der Waals surface area contributed by atoms with E-state index in [9.17, 15) is 9.59 Å². The highest BCUT2D eigenvalue weighted by atomic mass is 35.5. The monoisotopic (exact) mass is 430 g/mol. The van der Waals surface area contributed by atoms with Crippen LogP contribution in [0.4, 0.5) is 5.69 Å². The molecule has 1 fully saturated rings. The number of halogens is 2. The van der Waals surface area contributed by atoms with E-state index in [0.717, 1.165) is 11.3 Å². The Morgan fingerprint density at radius 3 is 2.38 bits per heavy atom. The van der Waals surface area contributed by atoms with Crippen molar-refractivity contribution in [1.82, 2.24) is 0 Å². The molecule has 2 aliphatic rings. The highest BCUT2D eigenvalue weighted by Crippen LogP contribution is 2.46. The van der Waals surface area contributed by atoms with Crippen molar-refractivity contribution in [3.8, 4) is 0 Å². The summed E-state index contributed by atoms with van der Waals surface area (Å²) in [6.45, 7) is 0.152. The zero-order valence-corrected chi connectivity index (χ0v) is 17.3. The summed E-state index contributed by atoms with van der Waals surface area (Å²) in [4.78, 5) is 31.5. The minimum Gasteiger partial charge on any atom is -0.393 e. The van der Waals surface area contributed by atoms with Gasteiger partial charge in [0.05, 0.1) is 0 Å². The van der Waals surface area contributed by atoms with Crippen LogP contribution in [0.3, 0.4) is 0 Å². The zero-order chi connectivity index (χ0) is 20.8. The van der Waals surface area contributed by atoms with E-state index in [1.165, 1.54) is 0 Å². The van der Waals surface area contributed by atoms with Gasteiger partial charge < -0.3 is 9.64 Å². The number of epoxide rings is 1. The summed E-state index contributed by atoms with van der Waals surface area (Å²) < 4.78 is 4.74. The van der Waals surface area contributed by atoms with Crippen LogP contribution in [0.25, 0.3) is 5.70 Å². The van der Waals surface area contributed by atoms with Gasteiger partial charge in [-0.25, -0.2) is 14.6 Å². The molecule has 1 saturated heterocycles. The van der Waals surface area contributed by atoms with Crippen molar-refractivity contribution < 1.29 is 18.8 Å². The maximum Gasteiger partial charge on any atom is 0.414 e. The first-order valence-electron chi connectivity index (χ1n) is 8.94. The van der Waals surface area contributed by atoms with Gasteiger partial charge in [0.15, 0.2) is 10.9 Å². The molecular weight excluding hydrogens is 413 g/mol. The van der Waals surface area contributed by atoms with Crippen LogP contribution in [0.5, 0.6) is 0 Å². The third-order valence-electron chi connectivity index (χ3n) is 5.01. The number of anilines is 1. The van der Waals surface area contributed by atoms with E-state index in [1.54, 1.807) is 0 Å². The van der Waals surface area contributed by atoms with Gasteiger partial charge in [-0.1, -0.05) is 59.6 Å². The maximum absolute atomic E-state index is 13.4. The first kappa shape index (κ1) is 19.6. The number of nitrogens with zero attached hydrogens (tertiary/aromatic N) is 3. The van der Waals surface area contributed by atoms with Crippen LogP contribution >= 0.6 is 23.2 Å². The van der Waals surface area contributed by atoms with Crippen LogP contribution < -0.4 is 4.90 Å². The number of quaternary nitrogens is 1. The predicted molar refractivity (Wildman–Crippen MR) is 112 cm³/mol. The van der Waals surface area contributed by atoms with Crippen molar-refractivity contribution in [2.45, 2.75) is 12.8 Å². The Bertz CT molecular complexity index is 1070. The van der Waals surface area contributed by atoms with Crippen LogP contribution in [-0.4, -0.2) is 41.9 Å². The summed E-state index contributed by atoms with van der Waals surface area (Å²) in [5.41, 5.74) is 2.81. The lowest BCUT2D eigenvalue weighted by Crippen LogP contribution is -2.56. The van der Waals surface area contributed by atoms with Crippen molar-refractivity contribution in [2.24, 2.45) is 4.99 Å². The molecule has 0 radical (unpaired) electrons. The van der Waals surface area contributed by atoms with Crippen LogP contribution in [0, 0.1) is 0 Å². The fourth-order valence-corrected chi connectivity index (χ4v) is 4.20. The summed E-state index contributed by atoms with van der Waals surface area (Å²) in [6, 6.07) is 16.9. The van der Waals surface area contributed by atoms with E-state index >= 15 is 0 Å². The van der Waals surface area contributed by atoms with Gasteiger partial charge in [0.25, 0.3) is 0 Å². The molecule has 0 saturated carbocycles. The third-order valence-corrected chi connectivity index (χ3v) is 5.52. The zero-order valence-electron chi connectivity index (χ0n) is 15.8. The fraction of sp³-hybridized carbons (Fsp3) is 0.190. The molecule has 1 amide bonds. The number of ether oxygens (including phenoxy) is 1. The van der Waals surface area contributed by atoms with E-state index in [1.807, 2.05) is 73.6 Å². The molecule has 8 heteroatoms. The molecule has 2 aromatic rings. The number of aliphatic imine (C=N–C) groups is 1. The largest absolute Gasteiger partial charge is 0.414 e. The Hall–Kier alpha value is -2.67. The average molecular weight is 431 g/mol. The van der Waals surface area contributed by atoms with Gasteiger partial charge in [-0.15, -0.1) is 0 Å². The molecule has 6 nitrogen and oxygen atoms in total. The van der Waals surface area contributed by atoms with Gasteiger partial charge >= 0.3 is 18.1 Å². The van der Waals surface area contributed by atoms with Crippen molar-refractivity contribution in [3.63, 3.8) is 0 Å². The molecular formula is C21H18Cl2N3O3+. The van der Waals surface area contributed by atoms with Gasteiger partial charge in [-0.2, -0.15) is 4.48 Å². The smallest absolute Gasteiger partial charge is 0.393 e. The number of carbonyl (C=O) groups is 2. The van der Waals surface area contributed by atoms with E-state index in [4.69, 9.17) is 27.9 Å². The lowest BCUT2D eigenvalue weighted by Gasteiger charge is -2.36. The molecule has 0 aliphatic carbocycles. The Balaban J connectivity index is 1.95. The molecule has 2 aliphatic heterocycles. The van der Waals surface area contributed by atoms with Crippen LogP contribution in [0.15, 0.2) is 64.7 Å². The molecule has 0 spiro atoms. The molecule has 2 atom stereocenters. The Morgan fingerprint density at radius 1 is 1.07 bits per heavy atom. The quantitative estimate of drug-likeness (QED) is 0.412. The summed E-state index contributed by atoms with van der Waals surface area (Å²) in [7, 11) is 3.82. The standard InChI is InChI=1S/C21H18Cl2N3O3/c1-25(2)15-10-6-9-14(11-15)16-17(22)24-18(23)19(27)26(16,20-21(28)29-20)12-13-7-4-3-5-8-13/h3-11,20H,12H2,1-2H3/q+1. The molecule has 0 bridgehead atoms. The Morgan fingerprint density at radius 2 is 1.76 bits per heavy atom. The Labute approximate surface area is 178 Å². The van der Waals surface area contributed by atoms with Crippen molar-refractivity contribution in [1.29, 1.82) is 0 Å². The van der Waals surface area contributed by atoms with Crippen molar-refractivity contribution in [2.75, 3.05) is 19.0 Å². The highest BCUT2D eigenvalue weighted by Gasteiger charge is 2.66. The number of rotatable bonds is 5. The first-order valence-corrected chi connectivity index (χ1v) is 9.69. The average Bonchev–Trinajstić information content (AvgIpc) is 3.44. The summed E-state index contributed by atoms with van der Waals surface area (Å²) in [6.07, 6.45) is -1.02. The maximum atomic E-state index is 13.4. The SMILES string of the molecule is CN(C)c1cccc(C2=C(Cl)N=C(Cl)C(=O)[N+]2(Cc2ccccc2)C2OC2=O)c1. The molecule has 4 rings (SSSR count).